The van der Waals surface area contributed by atoms with Crippen molar-refractivity contribution in [1.29, 1.82) is 0 Å². The van der Waals surface area contributed by atoms with Crippen LogP contribution in [0, 0.1) is 0 Å². The lowest BCUT2D eigenvalue weighted by atomic mass is 10.1. The second-order valence-corrected chi connectivity index (χ2v) is 5.12. The molecule has 2 atom stereocenters. The molecule has 1 N–H and O–H groups in total. The fourth-order valence-electron chi connectivity index (χ4n) is 2.10. The highest BCUT2D eigenvalue weighted by atomic mass is 35.5. The fourth-order valence-corrected chi connectivity index (χ4v) is 2.31. The summed E-state index contributed by atoms with van der Waals surface area (Å²) < 4.78 is 0. The Morgan fingerprint density at radius 1 is 1.21 bits per heavy atom. The van der Waals surface area contributed by atoms with Crippen molar-refractivity contribution < 1.29 is 0 Å². The van der Waals surface area contributed by atoms with Crippen LogP contribution in [0.1, 0.15) is 31.1 Å². The minimum absolute atomic E-state index is 0.172. The van der Waals surface area contributed by atoms with E-state index in [2.05, 4.69) is 35.2 Å². The number of hydrogen-bond donors (Lipinski definition) is 1. The van der Waals surface area contributed by atoms with Crippen molar-refractivity contribution in [3.63, 3.8) is 0 Å². The molecule has 0 spiro atoms. The molecule has 0 saturated heterocycles. The SMILES string of the molecule is CC(Cc1ccccc1Cl)NC(C)c1cnccn1. The Morgan fingerprint density at radius 3 is 2.68 bits per heavy atom. The maximum Gasteiger partial charge on any atom is 0.0753 e. The maximum atomic E-state index is 6.17. The first-order chi connectivity index (χ1) is 9.16. The van der Waals surface area contributed by atoms with Crippen LogP contribution in [0.3, 0.4) is 0 Å². The maximum absolute atomic E-state index is 6.17. The van der Waals surface area contributed by atoms with Crippen LogP contribution in [-0.4, -0.2) is 16.0 Å². The van der Waals surface area contributed by atoms with Crippen LogP contribution in [0.25, 0.3) is 0 Å². The minimum atomic E-state index is 0.172. The molecular weight excluding hydrogens is 258 g/mol. The molecular formula is C15H18ClN3. The van der Waals surface area contributed by atoms with Crippen molar-refractivity contribution in [2.75, 3.05) is 0 Å². The molecule has 2 aromatic rings. The third-order valence-electron chi connectivity index (χ3n) is 3.05. The van der Waals surface area contributed by atoms with Gasteiger partial charge < -0.3 is 5.32 Å². The highest BCUT2D eigenvalue weighted by molar-refractivity contribution is 6.31. The van der Waals surface area contributed by atoms with Crippen molar-refractivity contribution in [2.24, 2.45) is 0 Å². The molecule has 0 aliphatic carbocycles. The quantitative estimate of drug-likeness (QED) is 0.909. The van der Waals surface area contributed by atoms with E-state index in [0.717, 1.165) is 22.7 Å². The third-order valence-corrected chi connectivity index (χ3v) is 3.41. The first kappa shape index (κ1) is 14.0. The Morgan fingerprint density at radius 2 is 2.00 bits per heavy atom. The third kappa shape index (κ3) is 4.01. The molecule has 19 heavy (non-hydrogen) atoms. The van der Waals surface area contributed by atoms with Gasteiger partial charge in [-0.05, 0) is 31.9 Å². The Bertz CT molecular complexity index is 516. The monoisotopic (exact) mass is 275 g/mol. The molecule has 4 heteroatoms. The number of benzene rings is 1. The molecule has 2 unspecified atom stereocenters. The van der Waals surface area contributed by atoms with Crippen LogP contribution in [0.15, 0.2) is 42.9 Å². The van der Waals surface area contributed by atoms with Gasteiger partial charge in [-0.25, -0.2) is 0 Å². The topological polar surface area (TPSA) is 37.8 Å². The van der Waals surface area contributed by atoms with E-state index in [9.17, 15) is 0 Å². The Hall–Kier alpha value is -1.45. The van der Waals surface area contributed by atoms with E-state index in [1.807, 2.05) is 18.2 Å². The first-order valence-corrected chi connectivity index (χ1v) is 6.80. The molecule has 0 bridgehead atoms. The van der Waals surface area contributed by atoms with Gasteiger partial charge in [0.1, 0.15) is 0 Å². The molecule has 100 valence electrons. The van der Waals surface area contributed by atoms with Gasteiger partial charge in [-0.2, -0.15) is 0 Å². The molecule has 2 rings (SSSR count). The van der Waals surface area contributed by atoms with Crippen LogP contribution in [0.2, 0.25) is 5.02 Å². The average molecular weight is 276 g/mol. The highest BCUT2D eigenvalue weighted by Gasteiger charge is 2.12. The lowest BCUT2D eigenvalue weighted by Crippen LogP contribution is -2.31. The predicted octanol–water partition coefficient (Wildman–Crippen LogP) is 3.41. The second-order valence-electron chi connectivity index (χ2n) is 4.72. The van der Waals surface area contributed by atoms with Gasteiger partial charge >= 0.3 is 0 Å². The van der Waals surface area contributed by atoms with E-state index in [4.69, 9.17) is 11.6 Å². The lowest BCUT2D eigenvalue weighted by Gasteiger charge is -2.19. The molecule has 0 radical (unpaired) electrons. The number of rotatable bonds is 5. The molecule has 0 saturated carbocycles. The standard InChI is InChI=1S/C15H18ClN3/c1-11(9-13-5-3-4-6-14(13)16)19-12(2)15-10-17-7-8-18-15/h3-8,10-12,19H,9H2,1-2H3. The van der Waals surface area contributed by atoms with Crippen LogP contribution in [0.4, 0.5) is 0 Å². The highest BCUT2D eigenvalue weighted by Crippen LogP contribution is 2.17. The molecule has 0 aliphatic rings. The van der Waals surface area contributed by atoms with Crippen molar-refractivity contribution in [2.45, 2.75) is 32.4 Å². The molecule has 0 aliphatic heterocycles. The van der Waals surface area contributed by atoms with Gasteiger partial charge in [0.05, 0.1) is 5.69 Å². The molecule has 0 fully saturated rings. The molecule has 1 heterocycles. The van der Waals surface area contributed by atoms with Crippen molar-refractivity contribution >= 4 is 11.6 Å². The molecule has 3 nitrogen and oxygen atoms in total. The minimum Gasteiger partial charge on any atom is -0.306 e. The fraction of sp³-hybridized carbons (Fsp3) is 0.333. The van der Waals surface area contributed by atoms with Crippen LogP contribution in [-0.2, 0) is 6.42 Å². The van der Waals surface area contributed by atoms with Crippen molar-refractivity contribution in [1.82, 2.24) is 15.3 Å². The number of aromatic nitrogens is 2. The van der Waals surface area contributed by atoms with E-state index in [1.165, 1.54) is 0 Å². The van der Waals surface area contributed by atoms with Gasteiger partial charge in [-0.1, -0.05) is 29.8 Å². The number of halogens is 1. The predicted molar refractivity (Wildman–Crippen MR) is 78.2 cm³/mol. The number of nitrogens with zero attached hydrogens (tertiary/aromatic N) is 2. The van der Waals surface area contributed by atoms with Gasteiger partial charge in [0.25, 0.3) is 0 Å². The second kappa shape index (κ2) is 6.64. The number of nitrogens with one attached hydrogen (secondary N) is 1. The summed E-state index contributed by atoms with van der Waals surface area (Å²) >= 11 is 6.17. The summed E-state index contributed by atoms with van der Waals surface area (Å²) in [4.78, 5) is 8.39. The summed E-state index contributed by atoms with van der Waals surface area (Å²) in [6.45, 7) is 4.24. The summed E-state index contributed by atoms with van der Waals surface area (Å²) in [6.07, 6.45) is 6.08. The molecule has 1 aromatic heterocycles. The normalized spacial score (nSPS) is 14.1. The Balaban J connectivity index is 1.95. The van der Waals surface area contributed by atoms with Gasteiger partial charge in [0, 0.05) is 35.7 Å². The van der Waals surface area contributed by atoms with E-state index < -0.39 is 0 Å². The largest absolute Gasteiger partial charge is 0.306 e. The van der Waals surface area contributed by atoms with Crippen molar-refractivity contribution in [3.8, 4) is 0 Å². The first-order valence-electron chi connectivity index (χ1n) is 6.42. The van der Waals surface area contributed by atoms with Gasteiger partial charge in [0.2, 0.25) is 0 Å². The zero-order valence-corrected chi connectivity index (χ0v) is 11.9. The average Bonchev–Trinajstić information content (AvgIpc) is 2.42. The van der Waals surface area contributed by atoms with E-state index in [0.29, 0.717) is 6.04 Å². The Kier molecular flexibility index (Phi) is 4.88. The zero-order chi connectivity index (χ0) is 13.7. The summed E-state index contributed by atoms with van der Waals surface area (Å²) in [5.74, 6) is 0. The van der Waals surface area contributed by atoms with Gasteiger partial charge in [-0.3, -0.25) is 9.97 Å². The van der Waals surface area contributed by atoms with E-state index in [1.54, 1.807) is 18.6 Å². The molecule has 0 amide bonds. The van der Waals surface area contributed by atoms with Crippen LogP contribution in [0.5, 0.6) is 0 Å². The lowest BCUT2D eigenvalue weighted by molar-refractivity contribution is 0.469. The Labute approximate surface area is 119 Å². The van der Waals surface area contributed by atoms with Gasteiger partial charge in [-0.15, -0.1) is 0 Å². The summed E-state index contributed by atoms with van der Waals surface area (Å²) in [7, 11) is 0. The number of hydrogen-bond acceptors (Lipinski definition) is 3. The summed E-state index contributed by atoms with van der Waals surface area (Å²) in [5.41, 5.74) is 2.11. The van der Waals surface area contributed by atoms with E-state index in [-0.39, 0.29) is 6.04 Å². The van der Waals surface area contributed by atoms with Crippen LogP contribution >= 0.6 is 11.6 Å². The zero-order valence-electron chi connectivity index (χ0n) is 11.2. The van der Waals surface area contributed by atoms with E-state index >= 15 is 0 Å². The van der Waals surface area contributed by atoms with Crippen LogP contribution < -0.4 is 5.32 Å². The van der Waals surface area contributed by atoms with Crippen molar-refractivity contribution in [3.05, 3.63) is 59.1 Å². The molecule has 1 aromatic carbocycles. The summed E-state index contributed by atoms with van der Waals surface area (Å²) in [6, 6.07) is 8.44. The smallest absolute Gasteiger partial charge is 0.0753 e. The summed E-state index contributed by atoms with van der Waals surface area (Å²) in [5, 5.41) is 4.33. The van der Waals surface area contributed by atoms with Gasteiger partial charge in [0.15, 0.2) is 0 Å².